The van der Waals surface area contributed by atoms with Crippen molar-refractivity contribution in [3.8, 4) is 0 Å². The quantitative estimate of drug-likeness (QED) is 0.698. The molecule has 1 aromatic carbocycles. The van der Waals surface area contributed by atoms with Crippen molar-refractivity contribution in [1.82, 2.24) is 5.32 Å². The minimum absolute atomic E-state index is 0.0556. The van der Waals surface area contributed by atoms with E-state index >= 15 is 0 Å². The normalized spacial score (nSPS) is 9.31. The fourth-order valence-electron chi connectivity index (χ4n) is 0.972. The molecule has 2 heteroatoms. The Hall–Kier alpha value is -1.57. The van der Waals surface area contributed by atoms with Crippen LogP contribution in [0.25, 0.3) is 0 Å². The van der Waals surface area contributed by atoms with Gasteiger partial charge in [0.1, 0.15) is 0 Å². The first-order chi connectivity index (χ1) is 6.24. The summed E-state index contributed by atoms with van der Waals surface area (Å²) in [5.74, 6) is -0.0556. The Bertz CT molecular complexity index is 300. The smallest absolute Gasteiger partial charge is 0.251 e. The monoisotopic (exact) mass is 175 g/mol. The van der Waals surface area contributed by atoms with Crippen LogP contribution in [0.4, 0.5) is 0 Å². The van der Waals surface area contributed by atoms with Gasteiger partial charge in [0.05, 0.1) is 0 Å². The highest BCUT2D eigenvalue weighted by Crippen LogP contribution is 2.02. The van der Waals surface area contributed by atoms with Crippen LogP contribution in [-0.2, 0) is 0 Å². The molecule has 0 atom stereocenters. The van der Waals surface area contributed by atoms with E-state index in [4.69, 9.17) is 0 Å². The summed E-state index contributed by atoms with van der Waals surface area (Å²) < 4.78 is 0. The van der Waals surface area contributed by atoms with E-state index in [0.717, 1.165) is 5.56 Å². The van der Waals surface area contributed by atoms with Crippen LogP contribution >= 0.6 is 0 Å². The maximum absolute atomic E-state index is 11.4. The fourth-order valence-corrected chi connectivity index (χ4v) is 0.972. The van der Waals surface area contributed by atoms with Crippen LogP contribution < -0.4 is 5.32 Å². The third kappa shape index (κ3) is 2.75. The number of hydrogen-bond donors (Lipinski definition) is 1. The van der Waals surface area contributed by atoms with Crippen molar-refractivity contribution in [2.45, 2.75) is 6.92 Å². The first-order valence-electron chi connectivity index (χ1n) is 4.20. The predicted molar refractivity (Wildman–Crippen MR) is 53.7 cm³/mol. The molecular formula is C11H13NO. The molecule has 1 aromatic rings. The number of carbonyl (C=O) groups is 1. The number of benzene rings is 1. The molecule has 0 spiro atoms. The Morgan fingerprint density at radius 2 is 2.08 bits per heavy atom. The molecule has 0 bridgehead atoms. The second-order valence-electron chi connectivity index (χ2n) is 2.86. The molecule has 0 saturated heterocycles. The van der Waals surface area contributed by atoms with E-state index in [1.54, 1.807) is 6.08 Å². The van der Waals surface area contributed by atoms with Crippen LogP contribution in [-0.4, -0.2) is 12.5 Å². The van der Waals surface area contributed by atoms with E-state index < -0.39 is 0 Å². The van der Waals surface area contributed by atoms with E-state index in [9.17, 15) is 4.79 Å². The molecule has 0 fully saturated rings. The van der Waals surface area contributed by atoms with Crippen molar-refractivity contribution in [2.75, 3.05) is 6.54 Å². The summed E-state index contributed by atoms with van der Waals surface area (Å²) in [5.41, 5.74) is 1.84. The largest absolute Gasteiger partial charge is 0.349 e. The Morgan fingerprint density at radius 3 is 2.62 bits per heavy atom. The number of rotatable bonds is 3. The molecule has 0 unspecified atom stereocenters. The van der Waals surface area contributed by atoms with Gasteiger partial charge < -0.3 is 5.32 Å². The number of nitrogens with one attached hydrogen (secondary N) is 1. The zero-order valence-corrected chi connectivity index (χ0v) is 7.71. The van der Waals surface area contributed by atoms with Crippen molar-refractivity contribution in [3.63, 3.8) is 0 Å². The van der Waals surface area contributed by atoms with Gasteiger partial charge in [0, 0.05) is 12.1 Å². The Labute approximate surface area is 78.3 Å². The van der Waals surface area contributed by atoms with Gasteiger partial charge in [0.2, 0.25) is 0 Å². The number of carbonyl (C=O) groups excluding carboxylic acids is 1. The minimum atomic E-state index is -0.0556. The van der Waals surface area contributed by atoms with Gasteiger partial charge in [-0.1, -0.05) is 23.8 Å². The van der Waals surface area contributed by atoms with E-state index in [-0.39, 0.29) is 5.91 Å². The molecule has 13 heavy (non-hydrogen) atoms. The van der Waals surface area contributed by atoms with Crippen LogP contribution in [0, 0.1) is 6.92 Å². The lowest BCUT2D eigenvalue weighted by Crippen LogP contribution is -2.22. The summed E-state index contributed by atoms with van der Waals surface area (Å²) in [6.07, 6.45) is 1.66. The molecule has 0 aliphatic rings. The molecule has 1 rings (SSSR count). The summed E-state index contributed by atoms with van der Waals surface area (Å²) in [4.78, 5) is 11.4. The first kappa shape index (κ1) is 9.52. The van der Waals surface area contributed by atoms with Gasteiger partial charge >= 0.3 is 0 Å². The molecule has 1 amide bonds. The van der Waals surface area contributed by atoms with Crippen LogP contribution in [0.3, 0.4) is 0 Å². The Balaban J connectivity index is 2.66. The van der Waals surface area contributed by atoms with Gasteiger partial charge in [-0.15, -0.1) is 6.58 Å². The van der Waals surface area contributed by atoms with Gasteiger partial charge in [-0.25, -0.2) is 0 Å². The second-order valence-corrected chi connectivity index (χ2v) is 2.86. The zero-order valence-electron chi connectivity index (χ0n) is 7.71. The van der Waals surface area contributed by atoms with E-state index in [0.29, 0.717) is 12.1 Å². The standard InChI is InChI=1S/C11H13NO/c1-3-8-12-11(13)10-6-4-9(2)5-7-10/h3-7H,1,8H2,2H3,(H,12,13). The van der Waals surface area contributed by atoms with Gasteiger partial charge in [0.15, 0.2) is 0 Å². The lowest BCUT2D eigenvalue weighted by Gasteiger charge is -2.01. The van der Waals surface area contributed by atoms with E-state index in [1.807, 2.05) is 31.2 Å². The van der Waals surface area contributed by atoms with Gasteiger partial charge in [-0.05, 0) is 19.1 Å². The fraction of sp³-hybridized carbons (Fsp3) is 0.182. The highest BCUT2D eigenvalue weighted by molar-refractivity contribution is 5.94. The summed E-state index contributed by atoms with van der Waals surface area (Å²) in [5, 5.41) is 2.71. The summed E-state index contributed by atoms with van der Waals surface area (Å²) in [6, 6.07) is 7.47. The lowest BCUT2D eigenvalue weighted by molar-refractivity contribution is 0.0958. The average molecular weight is 175 g/mol. The zero-order chi connectivity index (χ0) is 9.68. The molecule has 2 nitrogen and oxygen atoms in total. The number of amides is 1. The molecule has 1 N–H and O–H groups in total. The van der Waals surface area contributed by atoms with Gasteiger partial charge in [0.25, 0.3) is 5.91 Å². The SMILES string of the molecule is C=CCNC(=O)c1ccc(C)cc1. The lowest BCUT2D eigenvalue weighted by atomic mass is 10.1. The molecular weight excluding hydrogens is 162 g/mol. The maximum Gasteiger partial charge on any atom is 0.251 e. The molecule has 0 radical (unpaired) electrons. The summed E-state index contributed by atoms with van der Waals surface area (Å²) in [7, 11) is 0. The second kappa shape index (κ2) is 4.45. The van der Waals surface area contributed by atoms with E-state index in [2.05, 4.69) is 11.9 Å². The third-order valence-corrected chi connectivity index (χ3v) is 1.72. The van der Waals surface area contributed by atoms with Gasteiger partial charge in [-0.3, -0.25) is 4.79 Å². The molecule has 0 aliphatic heterocycles. The summed E-state index contributed by atoms with van der Waals surface area (Å²) in [6.45, 7) is 6.02. The third-order valence-electron chi connectivity index (χ3n) is 1.72. The highest BCUT2D eigenvalue weighted by atomic mass is 16.1. The Morgan fingerprint density at radius 1 is 1.46 bits per heavy atom. The minimum Gasteiger partial charge on any atom is -0.349 e. The van der Waals surface area contributed by atoms with Gasteiger partial charge in [-0.2, -0.15) is 0 Å². The molecule has 0 aliphatic carbocycles. The molecule has 68 valence electrons. The highest BCUT2D eigenvalue weighted by Gasteiger charge is 2.01. The number of aryl methyl sites for hydroxylation is 1. The average Bonchev–Trinajstić information content (AvgIpc) is 2.15. The number of hydrogen-bond acceptors (Lipinski definition) is 1. The van der Waals surface area contributed by atoms with Crippen molar-refractivity contribution < 1.29 is 4.79 Å². The predicted octanol–water partition coefficient (Wildman–Crippen LogP) is 1.91. The maximum atomic E-state index is 11.4. The molecule has 0 aromatic heterocycles. The van der Waals surface area contributed by atoms with E-state index in [1.165, 1.54) is 0 Å². The Kier molecular flexibility index (Phi) is 3.26. The van der Waals surface area contributed by atoms with Crippen molar-refractivity contribution in [2.24, 2.45) is 0 Å². The van der Waals surface area contributed by atoms with Crippen LogP contribution in [0.1, 0.15) is 15.9 Å². The van der Waals surface area contributed by atoms with Crippen LogP contribution in [0.2, 0.25) is 0 Å². The summed E-state index contributed by atoms with van der Waals surface area (Å²) >= 11 is 0. The van der Waals surface area contributed by atoms with Crippen LogP contribution in [0.15, 0.2) is 36.9 Å². The van der Waals surface area contributed by atoms with Crippen molar-refractivity contribution in [1.29, 1.82) is 0 Å². The molecule has 0 heterocycles. The first-order valence-corrected chi connectivity index (χ1v) is 4.20. The van der Waals surface area contributed by atoms with Crippen LogP contribution in [0.5, 0.6) is 0 Å². The topological polar surface area (TPSA) is 29.1 Å². The van der Waals surface area contributed by atoms with Crippen molar-refractivity contribution >= 4 is 5.91 Å². The molecule has 0 saturated carbocycles. The van der Waals surface area contributed by atoms with Crippen molar-refractivity contribution in [3.05, 3.63) is 48.0 Å².